The monoisotopic (exact) mass is 314 g/mol. The van der Waals surface area contributed by atoms with E-state index in [0.29, 0.717) is 11.3 Å². The average molecular weight is 314 g/mol. The summed E-state index contributed by atoms with van der Waals surface area (Å²) in [5, 5.41) is 5.34. The van der Waals surface area contributed by atoms with Crippen molar-refractivity contribution < 1.29 is 18.7 Å². The van der Waals surface area contributed by atoms with Gasteiger partial charge in [0.05, 0.1) is 19.1 Å². The maximum atomic E-state index is 12.0. The highest BCUT2D eigenvalue weighted by Gasteiger charge is 2.28. The Kier molecular flexibility index (Phi) is 3.84. The molecule has 3 rings (SSSR count). The third kappa shape index (κ3) is 3.08. The van der Waals surface area contributed by atoms with E-state index in [2.05, 4.69) is 10.6 Å². The van der Waals surface area contributed by atoms with Gasteiger partial charge in [-0.05, 0) is 17.7 Å². The molecule has 0 atom stereocenters. The van der Waals surface area contributed by atoms with Gasteiger partial charge in [0.15, 0.2) is 0 Å². The van der Waals surface area contributed by atoms with Gasteiger partial charge in [-0.25, -0.2) is 4.79 Å². The van der Waals surface area contributed by atoms with Gasteiger partial charge in [-0.15, -0.1) is 0 Å². The Bertz CT molecular complexity index is 841. The van der Waals surface area contributed by atoms with Gasteiger partial charge in [0, 0.05) is 24.4 Å². The maximum absolute atomic E-state index is 12.0. The number of rotatable bonds is 4. The molecular formula is C16H14N2O5. The highest BCUT2D eigenvalue weighted by atomic mass is 16.5. The molecule has 2 N–H and O–H groups in total. The molecule has 7 heteroatoms. The number of imide groups is 1. The zero-order valence-corrected chi connectivity index (χ0v) is 12.3. The standard InChI is InChI=1S/C16H14N2O5/c1-22-11-4-2-3-10(6-11)17-8-9-5-14(20)23-12-7-13(19)18-16(21)15(9)12/h2-6,17H,7-8H2,1H3,(H,18,19,21). The first-order valence-electron chi connectivity index (χ1n) is 6.95. The fraction of sp³-hybridized carbons (Fsp3) is 0.188. The van der Waals surface area contributed by atoms with E-state index in [9.17, 15) is 14.4 Å². The van der Waals surface area contributed by atoms with Crippen LogP contribution in [0.3, 0.4) is 0 Å². The number of hydrogen-bond acceptors (Lipinski definition) is 6. The van der Waals surface area contributed by atoms with Crippen LogP contribution < -0.4 is 21.0 Å². The second kappa shape index (κ2) is 5.96. The van der Waals surface area contributed by atoms with Crippen LogP contribution in [0.5, 0.6) is 5.75 Å². The van der Waals surface area contributed by atoms with E-state index in [-0.39, 0.29) is 24.3 Å². The SMILES string of the molecule is COc1cccc(NCc2cc(=O)oc3c2C(=O)NC(=O)C3)c1. The Morgan fingerprint density at radius 1 is 1.26 bits per heavy atom. The molecule has 7 nitrogen and oxygen atoms in total. The normalized spacial score (nSPS) is 13.3. The third-order valence-corrected chi connectivity index (χ3v) is 3.47. The number of benzene rings is 1. The number of anilines is 1. The van der Waals surface area contributed by atoms with Crippen LogP contribution in [0.15, 0.2) is 39.5 Å². The molecule has 0 spiro atoms. The minimum atomic E-state index is -0.589. The lowest BCUT2D eigenvalue weighted by Gasteiger charge is -2.17. The van der Waals surface area contributed by atoms with Crippen molar-refractivity contribution in [3.8, 4) is 5.75 Å². The molecule has 0 aliphatic carbocycles. The maximum Gasteiger partial charge on any atom is 0.336 e. The summed E-state index contributed by atoms with van der Waals surface area (Å²) < 4.78 is 10.1. The van der Waals surface area contributed by atoms with Crippen LogP contribution in [0, 0.1) is 0 Å². The first kappa shape index (κ1) is 14.8. The van der Waals surface area contributed by atoms with Crippen molar-refractivity contribution in [3.63, 3.8) is 0 Å². The molecule has 1 aliphatic heterocycles. The molecular weight excluding hydrogens is 300 g/mol. The topological polar surface area (TPSA) is 97.6 Å². The molecule has 23 heavy (non-hydrogen) atoms. The third-order valence-electron chi connectivity index (χ3n) is 3.47. The molecule has 0 saturated carbocycles. The molecule has 118 valence electrons. The Morgan fingerprint density at radius 3 is 2.87 bits per heavy atom. The molecule has 0 bridgehead atoms. The molecule has 1 aromatic carbocycles. The van der Waals surface area contributed by atoms with Crippen LogP contribution in [-0.4, -0.2) is 18.9 Å². The van der Waals surface area contributed by atoms with Crippen molar-refractivity contribution in [1.29, 1.82) is 0 Å². The predicted octanol–water partition coefficient (Wildman–Crippen LogP) is 1.07. The number of carbonyl (C=O) groups is 2. The quantitative estimate of drug-likeness (QED) is 0.819. The molecule has 1 aromatic heterocycles. The average Bonchev–Trinajstić information content (AvgIpc) is 2.51. The van der Waals surface area contributed by atoms with Crippen molar-refractivity contribution in [1.82, 2.24) is 5.32 Å². The number of carbonyl (C=O) groups excluding carboxylic acids is 2. The van der Waals surface area contributed by atoms with Crippen LogP contribution >= 0.6 is 0 Å². The van der Waals surface area contributed by atoms with E-state index in [1.54, 1.807) is 13.2 Å². The van der Waals surface area contributed by atoms with E-state index in [4.69, 9.17) is 9.15 Å². The highest BCUT2D eigenvalue weighted by Crippen LogP contribution is 2.20. The zero-order chi connectivity index (χ0) is 16.4. The fourth-order valence-corrected chi connectivity index (χ4v) is 2.44. The number of ether oxygens (including phenoxy) is 1. The van der Waals surface area contributed by atoms with E-state index in [1.165, 1.54) is 6.07 Å². The smallest absolute Gasteiger partial charge is 0.336 e. The van der Waals surface area contributed by atoms with Crippen molar-refractivity contribution in [2.24, 2.45) is 0 Å². The van der Waals surface area contributed by atoms with Gasteiger partial charge in [-0.3, -0.25) is 14.9 Å². The van der Waals surface area contributed by atoms with Gasteiger partial charge in [0.1, 0.15) is 11.5 Å². The van der Waals surface area contributed by atoms with E-state index < -0.39 is 17.4 Å². The number of amides is 2. The van der Waals surface area contributed by atoms with Crippen molar-refractivity contribution in [2.75, 3.05) is 12.4 Å². The molecule has 2 heterocycles. The molecule has 0 saturated heterocycles. The zero-order valence-electron chi connectivity index (χ0n) is 12.3. The van der Waals surface area contributed by atoms with Crippen LogP contribution in [-0.2, 0) is 17.8 Å². The number of methoxy groups -OCH3 is 1. The summed E-state index contributed by atoms with van der Waals surface area (Å²) in [6, 6.07) is 8.51. The van der Waals surface area contributed by atoms with Crippen LogP contribution in [0.25, 0.3) is 0 Å². The Balaban J connectivity index is 1.90. The summed E-state index contributed by atoms with van der Waals surface area (Å²) in [6.07, 6.45) is -0.122. The minimum absolute atomic E-state index is 0.105. The highest BCUT2D eigenvalue weighted by molar-refractivity contribution is 6.09. The Hall–Kier alpha value is -3.09. The van der Waals surface area contributed by atoms with Gasteiger partial charge in [0.25, 0.3) is 5.91 Å². The number of hydrogen-bond donors (Lipinski definition) is 2. The van der Waals surface area contributed by atoms with E-state index >= 15 is 0 Å². The van der Waals surface area contributed by atoms with E-state index in [1.807, 2.05) is 18.2 Å². The summed E-state index contributed by atoms with van der Waals surface area (Å²) >= 11 is 0. The van der Waals surface area contributed by atoms with Gasteiger partial charge >= 0.3 is 5.63 Å². The Morgan fingerprint density at radius 2 is 2.09 bits per heavy atom. The lowest BCUT2D eigenvalue weighted by Crippen LogP contribution is -2.39. The molecule has 2 amide bonds. The molecule has 1 aliphatic rings. The molecule has 0 unspecified atom stereocenters. The van der Waals surface area contributed by atoms with E-state index in [0.717, 1.165) is 5.69 Å². The Labute approximate surface area is 131 Å². The number of nitrogens with one attached hydrogen (secondary N) is 2. The van der Waals surface area contributed by atoms with Gasteiger partial charge in [-0.1, -0.05) is 6.07 Å². The van der Waals surface area contributed by atoms with Crippen molar-refractivity contribution in [3.05, 3.63) is 57.6 Å². The van der Waals surface area contributed by atoms with Gasteiger partial charge in [0.2, 0.25) is 5.91 Å². The summed E-state index contributed by atoms with van der Waals surface area (Å²) in [5.74, 6) is -0.243. The molecule has 0 fully saturated rings. The summed E-state index contributed by atoms with van der Waals surface area (Å²) in [6.45, 7) is 0.239. The largest absolute Gasteiger partial charge is 0.497 e. The number of fused-ring (bicyclic) bond motifs is 1. The first-order chi connectivity index (χ1) is 11.1. The van der Waals surface area contributed by atoms with Gasteiger partial charge in [-0.2, -0.15) is 0 Å². The predicted molar refractivity (Wildman–Crippen MR) is 81.5 cm³/mol. The molecule has 2 aromatic rings. The molecule has 0 radical (unpaired) electrons. The fourth-order valence-electron chi connectivity index (χ4n) is 2.44. The summed E-state index contributed by atoms with van der Waals surface area (Å²) in [7, 11) is 1.57. The van der Waals surface area contributed by atoms with Crippen LogP contribution in [0.2, 0.25) is 0 Å². The van der Waals surface area contributed by atoms with Crippen molar-refractivity contribution >= 4 is 17.5 Å². The summed E-state index contributed by atoms with van der Waals surface area (Å²) in [4.78, 5) is 35.0. The van der Waals surface area contributed by atoms with Crippen LogP contribution in [0.4, 0.5) is 5.69 Å². The second-order valence-electron chi connectivity index (χ2n) is 5.03. The second-order valence-corrected chi connectivity index (χ2v) is 5.03. The lowest BCUT2D eigenvalue weighted by atomic mass is 10.0. The van der Waals surface area contributed by atoms with Crippen molar-refractivity contribution in [2.45, 2.75) is 13.0 Å². The summed E-state index contributed by atoms with van der Waals surface area (Å²) in [5.41, 5.74) is 0.899. The first-order valence-corrected chi connectivity index (χ1v) is 6.95. The minimum Gasteiger partial charge on any atom is -0.497 e. The van der Waals surface area contributed by atoms with Gasteiger partial charge < -0.3 is 14.5 Å². The van der Waals surface area contributed by atoms with Crippen LogP contribution in [0.1, 0.15) is 21.7 Å². The lowest BCUT2D eigenvalue weighted by molar-refractivity contribution is -0.120.